The Morgan fingerprint density at radius 3 is 2.21 bits per heavy atom. The van der Waals surface area contributed by atoms with Gasteiger partial charge in [0, 0.05) is 6.54 Å². The zero-order valence-corrected chi connectivity index (χ0v) is 12.2. The molecule has 4 aliphatic carbocycles. The van der Waals surface area contributed by atoms with Crippen molar-refractivity contribution in [3.63, 3.8) is 0 Å². The SMILES string of the molecule is O=C1CNC(=S)N1CCC12CC3CC(CC(C3)C1)C2. The Labute approximate surface area is 120 Å². The Morgan fingerprint density at radius 1 is 1.16 bits per heavy atom. The predicted molar refractivity (Wildman–Crippen MR) is 77.5 cm³/mol. The van der Waals surface area contributed by atoms with Crippen molar-refractivity contribution in [1.29, 1.82) is 0 Å². The molecule has 4 heteroatoms. The third-order valence-corrected chi connectivity index (χ3v) is 6.33. The quantitative estimate of drug-likeness (QED) is 0.804. The molecule has 0 spiro atoms. The van der Waals surface area contributed by atoms with E-state index in [0.717, 1.165) is 24.3 Å². The van der Waals surface area contributed by atoms with Crippen LogP contribution >= 0.6 is 12.2 Å². The molecule has 1 heterocycles. The third-order valence-electron chi connectivity index (χ3n) is 5.97. The average molecular weight is 278 g/mol. The molecule has 104 valence electrons. The van der Waals surface area contributed by atoms with Crippen LogP contribution < -0.4 is 5.32 Å². The topological polar surface area (TPSA) is 32.3 Å². The van der Waals surface area contributed by atoms with Crippen LogP contribution in [0, 0.1) is 23.2 Å². The largest absolute Gasteiger partial charge is 0.353 e. The fraction of sp³-hybridized carbons (Fsp3) is 0.867. The highest BCUT2D eigenvalue weighted by Crippen LogP contribution is 2.61. The fourth-order valence-electron chi connectivity index (χ4n) is 5.63. The highest BCUT2D eigenvalue weighted by atomic mass is 32.1. The van der Waals surface area contributed by atoms with Gasteiger partial charge in [-0.1, -0.05) is 0 Å². The van der Waals surface area contributed by atoms with Gasteiger partial charge in [0.2, 0.25) is 5.91 Å². The maximum Gasteiger partial charge on any atom is 0.248 e. The van der Waals surface area contributed by atoms with Crippen LogP contribution in [-0.4, -0.2) is 29.0 Å². The molecule has 1 saturated heterocycles. The number of nitrogens with zero attached hydrogens (tertiary/aromatic N) is 1. The van der Waals surface area contributed by atoms with Gasteiger partial charge >= 0.3 is 0 Å². The minimum absolute atomic E-state index is 0.162. The lowest BCUT2D eigenvalue weighted by molar-refractivity contribution is -0.125. The summed E-state index contributed by atoms with van der Waals surface area (Å²) < 4.78 is 0. The lowest BCUT2D eigenvalue weighted by Gasteiger charge is -2.57. The molecule has 0 aromatic heterocycles. The van der Waals surface area contributed by atoms with Crippen LogP contribution in [0.4, 0.5) is 0 Å². The first-order valence-electron chi connectivity index (χ1n) is 7.72. The van der Waals surface area contributed by atoms with E-state index in [-0.39, 0.29) is 5.91 Å². The Bertz CT molecular complexity index is 383. The summed E-state index contributed by atoms with van der Waals surface area (Å²) in [6.45, 7) is 1.25. The van der Waals surface area contributed by atoms with Crippen molar-refractivity contribution in [3.05, 3.63) is 0 Å². The van der Waals surface area contributed by atoms with E-state index in [9.17, 15) is 4.79 Å². The highest BCUT2D eigenvalue weighted by molar-refractivity contribution is 7.80. The maximum atomic E-state index is 11.8. The molecule has 1 amide bonds. The van der Waals surface area contributed by atoms with Gasteiger partial charge in [0.1, 0.15) is 0 Å². The van der Waals surface area contributed by atoms with Gasteiger partial charge in [0.05, 0.1) is 6.54 Å². The first kappa shape index (κ1) is 12.1. The Balaban J connectivity index is 1.45. The summed E-state index contributed by atoms with van der Waals surface area (Å²) in [5.74, 6) is 3.14. The van der Waals surface area contributed by atoms with Gasteiger partial charge in [-0.05, 0) is 80.3 Å². The highest BCUT2D eigenvalue weighted by Gasteiger charge is 2.50. The van der Waals surface area contributed by atoms with Crippen LogP contribution in [-0.2, 0) is 4.79 Å². The third kappa shape index (κ3) is 1.99. The minimum Gasteiger partial charge on any atom is -0.353 e. The average Bonchev–Trinajstić information content (AvgIpc) is 2.65. The van der Waals surface area contributed by atoms with E-state index in [1.165, 1.54) is 44.9 Å². The number of carbonyl (C=O) groups excluding carboxylic acids is 1. The Morgan fingerprint density at radius 2 is 1.74 bits per heavy atom. The van der Waals surface area contributed by atoms with Gasteiger partial charge in [-0.3, -0.25) is 9.69 Å². The molecular weight excluding hydrogens is 256 g/mol. The molecule has 0 radical (unpaired) electrons. The molecule has 0 atom stereocenters. The van der Waals surface area contributed by atoms with Crippen molar-refractivity contribution in [1.82, 2.24) is 10.2 Å². The molecule has 19 heavy (non-hydrogen) atoms. The molecule has 0 aromatic rings. The van der Waals surface area contributed by atoms with Crippen molar-refractivity contribution in [2.45, 2.75) is 44.9 Å². The second-order valence-corrected chi connectivity index (χ2v) is 7.76. The summed E-state index contributed by atoms with van der Waals surface area (Å²) in [5.41, 5.74) is 0.549. The summed E-state index contributed by atoms with van der Waals surface area (Å²) >= 11 is 5.22. The van der Waals surface area contributed by atoms with Gasteiger partial charge in [0.25, 0.3) is 0 Å². The van der Waals surface area contributed by atoms with Gasteiger partial charge in [-0.15, -0.1) is 0 Å². The molecule has 3 nitrogen and oxygen atoms in total. The van der Waals surface area contributed by atoms with E-state index in [2.05, 4.69) is 5.32 Å². The molecule has 5 aliphatic rings. The molecule has 5 fully saturated rings. The fourth-order valence-corrected chi connectivity index (χ4v) is 5.89. The zero-order chi connectivity index (χ0) is 13.0. The van der Waals surface area contributed by atoms with E-state index in [4.69, 9.17) is 12.2 Å². The van der Waals surface area contributed by atoms with Crippen LogP contribution in [0.25, 0.3) is 0 Å². The van der Waals surface area contributed by atoms with Crippen molar-refractivity contribution in [2.75, 3.05) is 13.1 Å². The summed E-state index contributed by atoms with van der Waals surface area (Å²) in [4.78, 5) is 13.6. The Hall–Kier alpha value is -0.640. The number of hydrogen-bond acceptors (Lipinski definition) is 2. The molecule has 4 bridgehead atoms. The normalized spacial score (nSPS) is 44.0. The smallest absolute Gasteiger partial charge is 0.248 e. The molecule has 1 N–H and O–H groups in total. The number of carbonyl (C=O) groups is 1. The molecule has 0 aromatic carbocycles. The van der Waals surface area contributed by atoms with E-state index in [1.54, 1.807) is 4.90 Å². The first-order chi connectivity index (χ1) is 9.13. The molecule has 1 aliphatic heterocycles. The van der Waals surface area contributed by atoms with Gasteiger partial charge in [0.15, 0.2) is 5.11 Å². The number of nitrogens with one attached hydrogen (secondary N) is 1. The van der Waals surface area contributed by atoms with Gasteiger partial charge in [-0.25, -0.2) is 0 Å². The monoisotopic (exact) mass is 278 g/mol. The van der Waals surface area contributed by atoms with E-state index < -0.39 is 0 Å². The zero-order valence-electron chi connectivity index (χ0n) is 11.4. The second kappa shape index (κ2) is 4.18. The van der Waals surface area contributed by atoms with Gasteiger partial charge < -0.3 is 5.32 Å². The Kier molecular flexibility index (Phi) is 2.66. The molecule has 0 unspecified atom stereocenters. The number of rotatable bonds is 3. The standard InChI is InChI=1S/C15H22N2OS/c18-13-9-16-14(19)17(13)2-1-15-6-10-3-11(7-15)5-12(4-10)8-15/h10-12H,1-9H2,(H,16,19). The second-order valence-electron chi connectivity index (χ2n) is 7.37. The van der Waals surface area contributed by atoms with Crippen molar-refractivity contribution >= 4 is 23.2 Å². The van der Waals surface area contributed by atoms with Crippen LogP contribution in [0.2, 0.25) is 0 Å². The summed E-state index contributed by atoms with van der Waals surface area (Å²) in [6.07, 6.45) is 9.89. The van der Waals surface area contributed by atoms with Crippen LogP contribution in [0.1, 0.15) is 44.9 Å². The predicted octanol–water partition coefficient (Wildman–Crippen LogP) is 2.31. The number of hydrogen-bond donors (Lipinski definition) is 1. The molecule has 5 rings (SSSR count). The van der Waals surface area contributed by atoms with E-state index >= 15 is 0 Å². The number of amides is 1. The first-order valence-corrected chi connectivity index (χ1v) is 8.13. The summed E-state index contributed by atoms with van der Waals surface area (Å²) in [5, 5.41) is 3.63. The summed E-state index contributed by atoms with van der Waals surface area (Å²) in [7, 11) is 0. The van der Waals surface area contributed by atoms with E-state index in [1.807, 2.05) is 0 Å². The molecular formula is C15H22N2OS. The lowest BCUT2D eigenvalue weighted by Crippen LogP contribution is -2.47. The van der Waals surface area contributed by atoms with Crippen LogP contribution in [0.3, 0.4) is 0 Å². The molecule has 4 saturated carbocycles. The summed E-state index contributed by atoms with van der Waals surface area (Å²) in [6, 6.07) is 0. The number of thiocarbonyl (C=S) groups is 1. The van der Waals surface area contributed by atoms with Crippen molar-refractivity contribution < 1.29 is 4.79 Å². The van der Waals surface area contributed by atoms with Crippen molar-refractivity contribution in [2.24, 2.45) is 23.2 Å². The van der Waals surface area contributed by atoms with Crippen LogP contribution in [0.5, 0.6) is 0 Å². The maximum absolute atomic E-state index is 11.8. The van der Waals surface area contributed by atoms with Crippen LogP contribution in [0.15, 0.2) is 0 Å². The van der Waals surface area contributed by atoms with Gasteiger partial charge in [-0.2, -0.15) is 0 Å². The van der Waals surface area contributed by atoms with E-state index in [0.29, 0.717) is 17.1 Å². The van der Waals surface area contributed by atoms with Crippen molar-refractivity contribution in [3.8, 4) is 0 Å². The lowest BCUT2D eigenvalue weighted by atomic mass is 9.49. The minimum atomic E-state index is 0.162.